The standard InChI is InChI=1S/C14H17N3O2/c1-16(10-11-4-2-3-5-11)14-7-6-13(17(18)19)8-12(14)9-15/h6-8,11H,2-5,10H2,1H3. The molecule has 0 amide bonds. The van der Waals surface area contributed by atoms with Crippen molar-refractivity contribution in [2.45, 2.75) is 25.7 Å². The van der Waals surface area contributed by atoms with Gasteiger partial charge in [0.1, 0.15) is 6.07 Å². The quantitative estimate of drug-likeness (QED) is 0.615. The first-order valence-electron chi connectivity index (χ1n) is 6.51. The number of non-ortho nitro benzene ring substituents is 1. The molecule has 1 aromatic rings. The molecule has 1 aliphatic carbocycles. The molecule has 0 atom stereocenters. The van der Waals surface area contributed by atoms with Crippen LogP contribution in [0.5, 0.6) is 0 Å². The van der Waals surface area contributed by atoms with Gasteiger partial charge in [0.05, 0.1) is 16.2 Å². The highest BCUT2D eigenvalue weighted by atomic mass is 16.6. The van der Waals surface area contributed by atoms with Crippen molar-refractivity contribution >= 4 is 11.4 Å². The SMILES string of the molecule is CN(CC1CCCC1)c1ccc([N+](=O)[O-])cc1C#N. The van der Waals surface area contributed by atoms with Crippen LogP contribution >= 0.6 is 0 Å². The van der Waals surface area contributed by atoms with E-state index < -0.39 is 4.92 Å². The highest BCUT2D eigenvalue weighted by Crippen LogP contribution is 2.29. The molecule has 5 nitrogen and oxygen atoms in total. The predicted octanol–water partition coefficient (Wildman–Crippen LogP) is 3.09. The van der Waals surface area contributed by atoms with Gasteiger partial charge in [0.2, 0.25) is 0 Å². The third kappa shape index (κ3) is 3.02. The van der Waals surface area contributed by atoms with Gasteiger partial charge in [-0.15, -0.1) is 0 Å². The first-order valence-corrected chi connectivity index (χ1v) is 6.51. The summed E-state index contributed by atoms with van der Waals surface area (Å²) in [7, 11) is 1.94. The number of hydrogen-bond donors (Lipinski definition) is 0. The van der Waals surface area contributed by atoms with E-state index in [0.717, 1.165) is 12.2 Å². The topological polar surface area (TPSA) is 70.2 Å². The van der Waals surface area contributed by atoms with Gasteiger partial charge >= 0.3 is 0 Å². The Kier molecular flexibility index (Phi) is 4.00. The van der Waals surface area contributed by atoms with Crippen molar-refractivity contribution in [3.8, 4) is 6.07 Å². The Morgan fingerprint density at radius 3 is 2.74 bits per heavy atom. The van der Waals surface area contributed by atoms with Gasteiger partial charge in [0, 0.05) is 25.7 Å². The maximum Gasteiger partial charge on any atom is 0.270 e. The normalized spacial score (nSPS) is 15.2. The number of hydrogen-bond acceptors (Lipinski definition) is 4. The van der Waals surface area contributed by atoms with Gasteiger partial charge in [-0.2, -0.15) is 5.26 Å². The second-order valence-corrected chi connectivity index (χ2v) is 5.10. The number of nitriles is 1. The third-order valence-corrected chi connectivity index (χ3v) is 3.73. The first kappa shape index (κ1) is 13.3. The van der Waals surface area contributed by atoms with Crippen molar-refractivity contribution in [3.63, 3.8) is 0 Å². The van der Waals surface area contributed by atoms with E-state index in [0.29, 0.717) is 11.5 Å². The van der Waals surface area contributed by atoms with Crippen LogP contribution in [0.25, 0.3) is 0 Å². The smallest absolute Gasteiger partial charge is 0.270 e. The maximum absolute atomic E-state index is 10.7. The molecule has 0 radical (unpaired) electrons. The largest absolute Gasteiger partial charge is 0.373 e. The van der Waals surface area contributed by atoms with E-state index in [1.54, 1.807) is 6.07 Å². The minimum atomic E-state index is -0.471. The van der Waals surface area contributed by atoms with Crippen LogP contribution in [0.2, 0.25) is 0 Å². The van der Waals surface area contributed by atoms with E-state index in [4.69, 9.17) is 5.26 Å². The fourth-order valence-electron chi connectivity index (χ4n) is 2.74. The summed E-state index contributed by atoms with van der Waals surface area (Å²) in [5.74, 6) is 0.673. The Hall–Kier alpha value is -2.09. The number of nitro groups is 1. The van der Waals surface area contributed by atoms with Gasteiger partial charge in [-0.3, -0.25) is 10.1 Å². The van der Waals surface area contributed by atoms with Gasteiger partial charge in [0.25, 0.3) is 5.69 Å². The zero-order valence-electron chi connectivity index (χ0n) is 11.0. The van der Waals surface area contributed by atoms with E-state index in [-0.39, 0.29) is 5.69 Å². The van der Waals surface area contributed by atoms with Crippen molar-refractivity contribution in [2.75, 3.05) is 18.5 Å². The molecule has 1 fully saturated rings. The molecule has 0 bridgehead atoms. The highest BCUT2D eigenvalue weighted by molar-refractivity contribution is 5.62. The van der Waals surface area contributed by atoms with Crippen molar-refractivity contribution in [2.24, 2.45) is 5.92 Å². The highest BCUT2D eigenvalue weighted by Gasteiger charge is 2.19. The van der Waals surface area contributed by atoms with Gasteiger partial charge < -0.3 is 4.90 Å². The lowest BCUT2D eigenvalue weighted by Gasteiger charge is -2.23. The Bertz CT molecular complexity index is 516. The monoisotopic (exact) mass is 259 g/mol. The number of benzene rings is 1. The Morgan fingerprint density at radius 1 is 1.47 bits per heavy atom. The molecule has 0 aromatic heterocycles. The van der Waals surface area contributed by atoms with Crippen molar-refractivity contribution in [1.82, 2.24) is 0 Å². The van der Waals surface area contributed by atoms with E-state index in [1.165, 1.54) is 37.8 Å². The molecule has 1 aliphatic rings. The maximum atomic E-state index is 10.7. The molecule has 0 heterocycles. The number of nitro benzene ring substituents is 1. The zero-order valence-corrected chi connectivity index (χ0v) is 11.0. The van der Waals surface area contributed by atoms with E-state index in [2.05, 4.69) is 6.07 Å². The lowest BCUT2D eigenvalue weighted by Crippen LogP contribution is -2.24. The summed E-state index contributed by atoms with van der Waals surface area (Å²) in [5.41, 5.74) is 1.12. The fraction of sp³-hybridized carbons (Fsp3) is 0.500. The average Bonchev–Trinajstić information content (AvgIpc) is 2.90. The van der Waals surface area contributed by atoms with Crippen LogP contribution in [0.4, 0.5) is 11.4 Å². The Morgan fingerprint density at radius 2 is 2.16 bits per heavy atom. The lowest BCUT2D eigenvalue weighted by atomic mass is 10.1. The van der Waals surface area contributed by atoms with Gasteiger partial charge in [-0.25, -0.2) is 0 Å². The average molecular weight is 259 g/mol. The summed E-state index contributed by atoms with van der Waals surface area (Å²) >= 11 is 0. The minimum Gasteiger partial charge on any atom is -0.373 e. The summed E-state index contributed by atoms with van der Waals surface area (Å²) in [4.78, 5) is 12.3. The second-order valence-electron chi connectivity index (χ2n) is 5.10. The summed E-state index contributed by atoms with van der Waals surface area (Å²) in [6.07, 6.45) is 5.03. The van der Waals surface area contributed by atoms with Gasteiger partial charge in [-0.1, -0.05) is 12.8 Å². The van der Waals surface area contributed by atoms with Crippen LogP contribution in [0.15, 0.2) is 18.2 Å². The van der Waals surface area contributed by atoms with Crippen LogP contribution in [-0.4, -0.2) is 18.5 Å². The van der Waals surface area contributed by atoms with Crippen LogP contribution in [0.3, 0.4) is 0 Å². The third-order valence-electron chi connectivity index (χ3n) is 3.73. The van der Waals surface area contributed by atoms with E-state index >= 15 is 0 Å². The molecule has 19 heavy (non-hydrogen) atoms. The number of rotatable bonds is 4. The van der Waals surface area contributed by atoms with Gasteiger partial charge in [-0.05, 0) is 24.8 Å². The molecule has 0 saturated heterocycles. The molecular formula is C14H17N3O2. The van der Waals surface area contributed by atoms with Crippen molar-refractivity contribution in [3.05, 3.63) is 33.9 Å². The molecule has 5 heteroatoms. The first-order chi connectivity index (χ1) is 9.11. The number of anilines is 1. The molecule has 0 unspecified atom stereocenters. The molecule has 1 saturated carbocycles. The molecule has 0 N–H and O–H groups in total. The second kappa shape index (κ2) is 5.70. The van der Waals surface area contributed by atoms with Crippen LogP contribution < -0.4 is 4.90 Å². The zero-order chi connectivity index (χ0) is 13.8. The molecule has 100 valence electrons. The summed E-state index contributed by atoms with van der Waals surface area (Å²) in [5, 5.41) is 19.8. The Labute approximate surface area is 112 Å². The molecule has 0 spiro atoms. The minimum absolute atomic E-state index is 0.0328. The molecule has 0 aliphatic heterocycles. The fourth-order valence-corrected chi connectivity index (χ4v) is 2.74. The molecule has 1 aromatic carbocycles. The van der Waals surface area contributed by atoms with E-state index in [9.17, 15) is 10.1 Å². The van der Waals surface area contributed by atoms with E-state index in [1.807, 2.05) is 11.9 Å². The number of nitrogens with zero attached hydrogens (tertiary/aromatic N) is 3. The summed E-state index contributed by atoms with van der Waals surface area (Å²) in [6, 6.07) is 6.53. The van der Waals surface area contributed by atoms with Crippen LogP contribution in [-0.2, 0) is 0 Å². The Balaban J connectivity index is 2.18. The van der Waals surface area contributed by atoms with Crippen LogP contribution in [0, 0.1) is 27.4 Å². The predicted molar refractivity (Wildman–Crippen MR) is 73.0 cm³/mol. The van der Waals surface area contributed by atoms with Crippen molar-refractivity contribution < 1.29 is 4.92 Å². The van der Waals surface area contributed by atoms with Crippen LogP contribution in [0.1, 0.15) is 31.2 Å². The van der Waals surface area contributed by atoms with Gasteiger partial charge in [0.15, 0.2) is 0 Å². The summed E-state index contributed by atoms with van der Waals surface area (Å²) < 4.78 is 0. The van der Waals surface area contributed by atoms with Crippen molar-refractivity contribution in [1.29, 1.82) is 5.26 Å². The molecule has 2 rings (SSSR count). The lowest BCUT2D eigenvalue weighted by molar-refractivity contribution is -0.384. The summed E-state index contributed by atoms with van der Waals surface area (Å²) in [6.45, 7) is 0.909. The molecular weight excluding hydrogens is 242 g/mol.